The minimum atomic E-state index is -0.302. The second kappa shape index (κ2) is 12.4. The first kappa shape index (κ1) is 27.9. The van der Waals surface area contributed by atoms with E-state index in [4.69, 9.17) is 15.9 Å². The molecular formula is C24H31Cl2N7O2. The molecule has 1 fully saturated rings. The van der Waals surface area contributed by atoms with E-state index in [-0.39, 0.29) is 54.7 Å². The number of nitrogens with zero attached hydrogens (tertiary/aromatic N) is 2. The van der Waals surface area contributed by atoms with Crippen LogP contribution in [0.3, 0.4) is 0 Å². The molecule has 0 radical (unpaired) electrons. The number of benzene rings is 2. The first-order valence-electron chi connectivity index (χ1n) is 11.0. The number of ether oxygens (including phenoxy) is 1. The van der Waals surface area contributed by atoms with Crippen molar-refractivity contribution in [3.05, 3.63) is 53.6 Å². The van der Waals surface area contributed by atoms with E-state index in [1.54, 1.807) is 31.4 Å². The smallest absolute Gasteiger partial charge is 0.258 e. The average Bonchev–Trinajstić information content (AvgIpc) is 2.80. The Morgan fingerprint density at radius 2 is 1.74 bits per heavy atom. The molecule has 1 aromatic heterocycles. The quantitative estimate of drug-likeness (QED) is 0.242. The van der Waals surface area contributed by atoms with E-state index in [9.17, 15) is 4.79 Å². The Morgan fingerprint density at radius 3 is 2.40 bits per heavy atom. The highest BCUT2D eigenvalue weighted by molar-refractivity contribution is 6.04. The zero-order chi connectivity index (χ0) is 23.4. The molecule has 188 valence electrons. The second-order valence-corrected chi connectivity index (χ2v) is 8.30. The molecule has 2 atom stereocenters. The molecule has 1 aliphatic rings. The number of fused-ring (bicyclic) bond motifs is 1. The topological polar surface area (TPSA) is 138 Å². The lowest BCUT2D eigenvalue weighted by atomic mass is 9.90. The fourth-order valence-electron chi connectivity index (χ4n) is 4.18. The molecule has 0 spiro atoms. The van der Waals surface area contributed by atoms with Gasteiger partial charge in [-0.05, 0) is 56.2 Å². The monoisotopic (exact) mass is 519 g/mol. The molecule has 0 unspecified atom stereocenters. The standard InChI is InChI=1S/C24H29N7O2.2ClH/c1-14-7-12-18-17(13-14)21(27-19-5-3-4-6-20(19)28-23(25)26)30-24(29-18)31-22(32)15-8-10-16(33-2)11-9-15;;/h7-13,19-20H,3-6H2,1-2H3,(H4,25,26,28)(H2,27,29,30,31,32);2*1H/t19-,20+;;/m1../s1. The van der Waals surface area contributed by atoms with Crippen molar-refractivity contribution in [3.8, 4) is 5.75 Å². The molecule has 1 saturated carbocycles. The summed E-state index contributed by atoms with van der Waals surface area (Å²) in [5.41, 5.74) is 7.91. The van der Waals surface area contributed by atoms with Gasteiger partial charge in [-0.3, -0.25) is 15.5 Å². The molecule has 11 heteroatoms. The van der Waals surface area contributed by atoms with Crippen LogP contribution >= 0.6 is 24.8 Å². The number of nitrogens with two attached hydrogens (primary N) is 1. The van der Waals surface area contributed by atoms with Gasteiger partial charge in [-0.15, -0.1) is 24.8 Å². The maximum absolute atomic E-state index is 12.8. The maximum Gasteiger partial charge on any atom is 0.258 e. The zero-order valence-corrected chi connectivity index (χ0v) is 21.3. The third-order valence-electron chi connectivity index (χ3n) is 5.86. The van der Waals surface area contributed by atoms with E-state index >= 15 is 0 Å². The van der Waals surface area contributed by atoms with Gasteiger partial charge in [-0.1, -0.05) is 24.5 Å². The van der Waals surface area contributed by atoms with E-state index in [1.165, 1.54) is 0 Å². The van der Waals surface area contributed by atoms with Crippen LogP contribution in [0.1, 0.15) is 41.6 Å². The number of amides is 1. The van der Waals surface area contributed by atoms with Gasteiger partial charge in [0.25, 0.3) is 5.91 Å². The van der Waals surface area contributed by atoms with Gasteiger partial charge in [0.2, 0.25) is 5.95 Å². The SMILES string of the molecule is COc1ccc(C(=O)Nc2nc(N[C@@H]3CCCC[C@@H]3NC(=N)N)c3cc(C)ccc3n2)cc1.Cl.Cl. The summed E-state index contributed by atoms with van der Waals surface area (Å²) in [5.74, 6) is 1.21. The van der Waals surface area contributed by atoms with Crippen LogP contribution in [0.4, 0.5) is 11.8 Å². The number of carbonyl (C=O) groups excluding carboxylic acids is 1. The Balaban J connectivity index is 0.00000216. The molecule has 9 nitrogen and oxygen atoms in total. The van der Waals surface area contributed by atoms with Crippen LogP contribution in [0.2, 0.25) is 0 Å². The minimum Gasteiger partial charge on any atom is -0.497 e. The number of rotatable bonds is 6. The van der Waals surface area contributed by atoms with Crippen LogP contribution < -0.4 is 26.4 Å². The molecule has 3 aromatic rings. The number of hydrogen-bond donors (Lipinski definition) is 5. The molecule has 4 rings (SSSR count). The summed E-state index contributed by atoms with van der Waals surface area (Å²) in [4.78, 5) is 22.0. The van der Waals surface area contributed by atoms with Crippen LogP contribution in [0.25, 0.3) is 10.9 Å². The van der Waals surface area contributed by atoms with Crippen molar-refractivity contribution >= 4 is 59.3 Å². The molecule has 1 heterocycles. The lowest BCUT2D eigenvalue weighted by Crippen LogP contribution is -2.50. The number of anilines is 2. The van der Waals surface area contributed by atoms with Crippen LogP contribution in [0, 0.1) is 12.3 Å². The summed E-state index contributed by atoms with van der Waals surface area (Å²) in [6, 6.07) is 12.9. The normalized spacial score (nSPS) is 16.9. The fraction of sp³-hybridized carbons (Fsp3) is 0.333. The number of guanidine groups is 1. The Morgan fingerprint density at radius 1 is 1.06 bits per heavy atom. The highest BCUT2D eigenvalue weighted by Crippen LogP contribution is 2.28. The molecule has 2 aromatic carbocycles. The van der Waals surface area contributed by atoms with Crippen molar-refractivity contribution in [2.24, 2.45) is 5.73 Å². The van der Waals surface area contributed by atoms with Gasteiger partial charge in [-0.2, -0.15) is 4.98 Å². The summed E-state index contributed by atoms with van der Waals surface area (Å²) < 4.78 is 5.15. The lowest BCUT2D eigenvalue weighted by molar-refractivity contribution is 0.102. The van der Waals surface area contributed by atoms with Gasteiger partial charge in [-0.25, -0.2) is 4.98 Å². The summed E-state index contributed by atoms with van der Waals surface area (Å²) in [6.45, 7) is 2.02. The summed E-state index contributed by atoms with van der Waals surface area (Å²) in [6.07, 6.45) is 4.00. The van der Waals surface area contributed by atoms with Crippen molar-refractivity contribution in [3.63, 3.8) is 0 Å². The third kappa shape index (κ3) is 6.86. The van der Waals surface area contributed by atoms with E-state index in [2.05, 4.69) is 25.9 Å². The Hall–Kier alpha value is -3.30. The lowest BCUT2D eigenvalue weighted by Gasteiger charge is -2.33. The molecular weight excluding hydrogens is 489 g/mol. The number of methoxy groups -OCH3 is 1. The zero-order valence-electron chi connectivity index (χ0n) is 19.6. The number of aryl methyl sites for hydroxylation is 1. The van der Waals surface area contributed by atoms with Gasteiger partial charge in [0.15, 0.2) is 5.96 Å². The highest BCUT2D eigenvalue weighted by atomic mass is 35.5. The minimum absolute atomic E-state index is 0. The number of hydrogen-bond acceptors (Lipinski definition) is 6. The van der Waals surface area contributed by atoms with Crippen molar-refractivity contribution in [1.82, 2.24) is 15.3 Å². The number of nitrogens with one attached hydrogen (secondary N) is 4. The molecule has 0 aliphatic heterocycles. The largest absolute Gasteiger partial charge is 0.497 e. The van der Waals surface area contributed by atoms with Gasteiger partial charge in [0, 0.05) is 23.0 Å². The van der Waals surface area contributed by atoms with Gasteiger partial charge >= 0.3 is 0 Å². The Bertz CT molecular complexity index is 1170. The highest BCUT2D eigenvalue weighted by Gasteiger charge is 2.26. The van der Waals surface area contributed by atoms with E-state index in [0.29, 0.717) is 17.1 Å². The maximum atomic E-state index is 12.8. The summed E-state index contributed by atoms with van der Waals surface area (Å²) >= 11 is 0. The van der Waals surface area contributed by atoms with Gasteiger partial charge in [0.05, 0.1) is 12.6 Å². The first-order valence-corrected chi connectivity index (χ1v) is 11.0. The van der Waals surface area contributed by atoms with Crippen LogP contribution in [0.5, 0.6) is 5.75 Å². The molecule has 35 heavy (non-hydrogen) atoms. The van der Waals surface area contributed by atoms with Crippen LogP contribution in [-0.2, 0) is 0 Å². The molecule has 0 bridgehead atoms. The third-order valence-corrected chi connectivity index (χ3v) is 5.86. The predicted octanol–water partition coefficient (Wildman–Crippen LogP) is 4.25. The first-order chi connectivity index (χ1) is 15.9. The summed E-state index contributed by atoms with van der Waals surface area (Å²) in [5, 5.41) is 17.9. The molecule has 6 N–H and O–H groups in total. The predicted molar refractivity (Wildman–Crippen MR) is 144 cm³/mol. The molecule has 0 saturated heterocycles. The molecule has 1 aliphatic carbocycles. The Labute approximate surface area is 217 Å². The Kier molecular flexibility index (Phi) is 9.91. The summed E-state index contributed by atoms with van der Waals surface area (Å²) in [7, 11) is 1.58. The van der Waals surface area contributed by atoms with Crippen molar-refractivity contribution in [2.45, 2.75) is 44.7 Å². The number of halogens is 2. The second-order valence-electron chi connectivity index (χ2n) is 8.30. The number of aromatic nitrogens is 2. The number of carbonyl (C=O) groups is 1. The van der Waals surface area contributed by atoms with Gasteiger partial charge < -0.3 is 21.1 Å². The van der Waals surface area contributed by atoms with Crippen molar-refractivity contribution in [2.75, 3.05) is 17.7 Å². The van der Waals surface area contributed by atoms with E-state index in [0.717, 1.165) is 42.1 Å². The van der Waals surface area contributed by atoms with Crippen LogP contribution in [-0.4, -0.2) is 41.0 Å². The van der Waals surface area contributed by atoms with Crippen LogP contribution in [0.15, 0.2) is 42.5 Å². The van der Waals surface area contributed by atoms with Crippen molar-refractivity contribution in [1.29, 1.82) is 5.41 Å². The van der Waals surface area contributed by atoms with Crippen molar-refractivity contribution < 1.29 is 9.53 Å². The average molecular weight is 520 g/mol. The van der Waals surface area contributed by atoms with E-state index in [1.807, 2.05) is 25.1 Å². The van der Waals surface area contributed by atoms with E-state index < -0.39 is 0 Å². The van der Waals surface area contributed by atoms with Gasteiger partial charge in [0.1, 0.15) is 11.6 Å². The fourth-order valence-corrected chi connectivity index (χ4v) is 4.18. The molecule has 1 amide bonds.